The normalized spacial score (nSPS) is 14.0. The summed E-state index contributed by atoms with van der Waals surface area (Å²) in [6.45, 7) is 1.38. The van der Waals surface area contributed by atoms with Gasteiger partial charge < -0.3 is 21.1 Å². The van der Waals surface area contributed by atoms with Gasteiger partial charge in [-0.15, -0.1) is 0 Å². The second-order valence-corrected chi connectivity index (χ2v) is 11.4. The van der Waals surface area contributed by atoms with E-state index in [0.29, 0.717) is 34.7 Å². The van der Waals surface area contributed by atoms with Gasteiger partial charge in [0.15, 0.2) is 0 Å². The summed E-state index contributed by atoms with van der Waals surface area (Å²) in [5, 5.41) is 19.7. The molecule has 0 bridgehead atoms. The van der Waals surface area contributed by atoms with Crippen molar-refractivity contribution in [3.63, 3.8) is 0 Å². The molecule has 0 saturated carbocycles. The molecular formula is C30H28Cl3F6N3O3. The van der Waals surface area contributed by atoms with E-state index in [1.807, 2.05) is 0 Å². The van der Waals surface area contributed by atoms with Gasteiger partial charge in [0.2, 0.25) is 5.91 Å². The molecule has 15 heteroatoms. The number of amides is 2. The van der Waals surface area contributed by atoms with Crippen LogP contribution in [-0.2, 0) is 22.7 Å². The van der Waals surface area contributed by atoms with Crippen LogP contribution in [0.2, 0.25) is 15.1 Å². The Morgan fingerprint density at radius 3 is 1.96 bits per heavy atom. The van der Waals surface area contributed by atoms with E-state index < -0.39 is 59.0 Å². The van der Waals surface area contributed by atoms with Crippen molar-refractivity contribution in [2.75, 3.05) is 19.6 Å². The summed E-state index contributed by atoms with van der Waals surface area (Å²) >= 11 is 18.0. The minimum absolute atomic E-state index is 0.0840. The Hall–Kier alpha value is -3.03. The third-order valence-corrected chi connectivity index (χ3v) is 7.96. The number of hydrogen-bond donors (Lipinski definition) is 4. The van der Waals surface area contributed by atoms with E-state index in [1.54, 1.807) is 31.2 Å². The summed E-state index contributed by atoms with van der Waals surface area (Å²) in [5.74, 6) is -1.80. The molecule has 0 aromatic heterocycles. The van der Waals surface area contributed by atoms with Crippen molar-refractivity contribution >= 4 is 46.6 Å². The zero-order chi connectivity index (χ0) is 33.6. The molecule has 3 aromatic rings. The lowest BCUT2D eigenvalue weighted by atomic mass is 9.88. The van der Waals surface area contributed by atoms with Crippen molar-refractivity contribution in [2.45, 2.75) is 43.8 Å². The van der Waals surface area contributed by atoms with Gasteiger partial charge in [0.25, 0.3) is 5.91 Å². The van der Waals surface area contributed by atoms with Crippen LogP contribution < -0.4 is 16.0 Å². The first-order valence-corrected chi connectivity index (χ1v) is 14.6. The van der Waals surface area contributed by atoms with Gasteiger partial charge in [-0.25, -0.2) is 0 Å². The third kappa shape index (κ3) is 10.2. The predicted octanol–water partition coefficient (Wildman–Crippen LogP) is 7.55. The lowest BCUT2D eigenvalue weighted by Gasteiger charge is -2.27. The number of rotatable bonds is 12. The molecule has 2 unspecified atom stereocenters. The SMILES string of the molecule is CCC(O)(CCNCC(=O)NC(CNC(=O)c1cc(C(F)(F)F)cc(C(F)(F)F)c1)c1ccc(Cl)c(Cl)c1)c1ccc(Cl)cc1. The molecule has 0 aliphatic heterocycles. The van der Waals surface area contributed by atoms with Crippen molar-refractivity contribution in [1.29, 1.82) is 0 Å². The second kappa shape index (κ2) is 15.0. The monoisotopic (exact) mass is 697 g/mol. The number of nitrogens with one attached hydrogen (secondary N) is 3. The first-order valence-electron chi connectivity index (χ1n) is 13.4. The fourth-order valence-electron chi connectivity index (χ4n) is 4.39. The minimum Gasteiger partial charge on any atom is -0.385 e. The zero-order valence-electron chi connectivity index (χ0n) is 23.6. The molecule has 2 atom stereocenters. The Bertz CT molecular complexity index is 1470. The Balaban J connectivity index is 1.71. The van der Waals surface area contributed by atoms with Crippen molar-refractivity contribution in [1.82, 2.24) is 16.0 Å². The van der Waals surface area contributed by atoms with Crippen molar-refractivity contribution in [3.05, 3.63) is 104 Å². The molecule has 244 valence electrons. The number of benzene rings is 3. The number of alkyl halides is 6. The second-order valence-electron chi connectivity index (χ2n) is 10.1. The largest absolute Gasteiger partial charge is 0.416 e. The Kier molecular flexibility index (Phi) is 12.2. The molecule has 3 aromatic carbocycles. The van der Waals surface area contributed by atoms with Crippen molar-refractivity contribution in [3.8, 4) is 0 Å². The molecule has 2 amide bonds. The Morgan fingerprint density at radius 1 is 0.822 bits per heavy atom. The van der Waals surface area contributed by atoms with Crippen LogP contribution in [0, 0.1) is 0 Å². The molecule has 0 aliphatic carbocycles. The lowest BCUT2D eigenvalue weighted by molar-refractivity contribution is -0.143. The van der Waals surface area contributed by atoms with Gasteiger partial charge in [0, 0.05) is 17.1 Å². The van der Waals surface area contributed by atoms with Crippen LogP contribution in [0.25, 0.3) is 0 Å². The van der Waals surface area contributed by atoms with Crippen LogP contribution in [0.15, 0.2) is 60.7 Å². The van der Waals surface area contributed by atoms with Crippen LogP contribution in [0.5, 0.6) is 0 Å². The Labute approximate surface area is 270 Å². The van der Waals surface area contributed by atoms with Gasteiger partial charge in [0.05, 0.1) is 39.4 Å². The molecule has 0 aliphatic rings. The highest BCUT2D eigenvalue weighted by Gasteiger charge is 2.37. The standard InChI is InChI=1S/C30H28Cl3F6N3O3/c1-2-28(45,19-4-6-22(31)7-5-19)9-10-40-16-26(43)42-25(17-3-8-23(32)24(33)13-17)15-41-27(44)18-11-20(29(34,35)36)14-21(12-18)30(37,38)39/h3-8,11-14,25,40,45H,2,9-10,15-16H2,1H3,(H,41,44)(H,42,43). The third-order valence-electron chi connectivity index (χ3n) is 6.97. The average molecular weight is 699 g/mol. The highest BCUT2D eigenvalue weighted by molar-refractivity contribution is 6.42. The van der Waals surface area contributed by atoms with E-state index in [0.717, 1.165) is 0 Å². The number of hydrogen-bond acceptors (Lipinski definition) is 4. The van der Waals surface area contributed by atoms with E-state index in [2.05, 4.69) is 16.0 Å². The van der Waals surface area contributed by atoms with Crippen LogP contribution >= 0.6 is 34.8 Å². The molecule has 45 heavy (non-hydrogen) atoms. The summed E-state index contributed by atoms with van der Waals surface area (Å²) in [6.07, 6.45) is -9.64. The first-order chi connectivity index (χ1) is 20.9. The molecule has 0 saturated heterocycles. The van der Waals surface area contributed by atoms with E-state index >= 15 is 0 Å². The van der Waals surface area contributed by atoms with Gasteiger partial charge >= 0.3 is 12.4 Å². The maximum absolute atomic E-state index is 13.3. The quantitative estimate of drug-likeness (QED) is 0.116. The number of halogens is 9. The summed E-state index contributed by atoms with van der Waals surface area (Å²) in [5.41, 5.74) is -4.35. The Morgan fingerprint density at radius 2 is 1.42 bits per heavy atom. The molecule has 0 fully saturated rings. The van der Waals surface area contributed by atoms with E-state index in [9.17, 15) is 41.0 Å². The van der Waals surface area contributed by atoms with Gasteiger partial charge in [-0.05, 0) is 73.0 Å². The van der Waals surface area contributed by atoms with E-state index in [4.69, 9.17) is 34.8 Å². The molecule has 0 heterocycles. The maximum Gasteiger partial charge on any atom is 0.416 e. The minimum atomic E-state index is -5.14. The highest BCUT2D eigenvalue weighted by atomic mass is 35.5. The van der Waals surface area contributed by atoms with Gasteiger partial charge in [0.1, 0.15) is 0 Å². The summed E-state index contributed by atoms with van der Waals surface area (Å²) < 4.78 is 79.6. The summed E-state index contributed by atoms with van der Waals surface area (Å²) in [6, 6.07) is 10.6. The van der Waals surface area contributed by atoms with Gasteiger partial charge in [-0.2, -0.15) is 26.3 Å². The van der Waals surface area contributed by atoms with Crippen LogP contribution in [0.1, 0.15) is 58.4 Å². The van der Waals surface area contributed by atoms with Crippen LogP contribution in [0.3, 0.4) is 0 Å². The molecule has 6 nitrogen and oxygen atoms in total. The van der Waals surface area contributed by atoms with Gasteiger partial charge in [-0.3, -0.25) is 9.59 Å². The molecule has 4 N–H and O–H groups in total. The van der Waals surface area contributed by atoms with Crippen molar-refractivity contribution < 1.29 is 41.0 Å². The molecular weight excluding hydrogens is 671 g/mol. The summed E-state index contributed by atoms with van der Waals surface area (Å²) in [7, 11) is 0. The van der Waals surface area contributed by atoms with Crippen LogP contribution in [-0.4, -0.2) is 36.6 Å². The van der Waals surface area contributed by atoms with E-state index in [-0.39, 0.29) is 35.6 Å². The lowest BCUT2D eigenvalue weighted by Crippen LogP contribution is -2.42. The molecule has 0 radical (unpaired) electrons. The zero-order valence-corrected chi connectivity index (χ0v) is 25.8. The van der Waals surface area contributed by atoms with Crippen LogP contribution in [0.4, 0.5) is 26.3 Å². The van der Waals surface area contributed by atoms with Gasteiger partial charge in [-0.1, -0.05) is 59.9 Å². The fraction of sp³-hybridized carbons (Fsp3) is 0.333. The van der Waals surface area contributed by atoms with Crippen molar-refractivity contribution in [2.24, 2.45) is 0 Å². The highest BCUT2D eigenvalue weighted by Crippen LogP contribution is 2.36. The topological polar surface area (TPSA) is 90.5 Å². The maximum atomic E-state index is 13.3. The molecule has 3 rings (SSSR count). The fourth-order valence-corrected chi connectivity index (χ4v) is 4.82. The van der Waals surface area contributed by atoms with E-state index in [1.165, 1.54) is 18.2 Å². The predicted molar refractivity (Wildman–Crippen MR) is 159 cm³/mol. The first kappa shape index (κ1) is 36.4. The number of carbonyl (C=O) groups is 2. The number of aliphatic hydroxyl groups is 1. The average Bonchev–Trinajstić information content (AvgIpc) is 2.97. The molecule has 0 spiro atoms. The summed E-state index contributed by atoms with van der Waals surface area (Å²) in [4.78, 5) is 25.6. The smallest absolute Gasteiger partial charge is 0.385 e. The number of carbonyl (C=O) groups excluding carboxylic acids is 2.